The van der Waals surface area contributed by atoms with E-state index in [-0.39, 0.29) is 6.04 Å². The Balaban J connectivity index is 2.64. The molecular weight excluding hydrogens is 150 g/mol. The monoisotopic (exact) mass is 163 g/mol. The summed E-state index contributed by atoms with van der Waals surface area (Å²) in [5.41, 5.74) is 0. The van der Waals surface area contributed by atoms with Crippen LogP contribution in [0.15, 0.2) is 12.4 Å². The molecular formula is C9H13N3. The third-order valence-corrected chi connectivity index (χ3v) is 1.73. The highest BCUT2D eigenvalue weighted by atomic mass is 15.2. The van der Waals surface area contributed by atoms with Crippen molar-refractivity contribution in [1.29, 1.82) is 0 Å². The first kappa shape index (κ1) is 8.66. The molecule has 3 heteroatoms. The maximum atomic E-state index is 5.30. The first-order chi connectivity index (χ1) is 5.77. The molecule has 3 nitrogen and oxygen atoms in total. The van der Waals surface area contributed by atoms with Gasteiger partial charge in [0.05, 0.1) is 6.04 Å². The van der Waals surface area contributed by atoms with Gasteiger partial charge >= 0.3 is 0 Å². The maximum absolute atomic E-state index is 5.30. The lowest BCUT2D eigenvalue weighted by atomic mass is 10.2. The third kappa shape index (κ3) is 1.79. The van der Waals surface area contributed by atoms with Crippen molar-refractivity contribution in [2.24, 2.45) is 7.05 Å². The van der Waals surface area contributed by atoms with Crippen LogP contribution in [-0.4, -0.2) is 15.6 Å². The highest BCUT2D eigenvalue weighted by Crippen LogP contribution is 2.04. The Kier molecular flexibility index (Phi) is 2.76. The van der Waals surface area contributed by atoms with Gasteiger partial charge in [0.15, 0.2) is 0 Å². The molecule has 0 aliphatic carbocycles. The smallest absolute Gasteiger partial charge is 0.203 e. The first-order valence-corrected chi connectivity index (χ1v) is 3.98. The van der Waals surface area contributed by atoms with Gasteiger partial charge in [0.2, 0.25) is 5.95 Å². The van der Waals surface area contributed by atoms with Crippen LogP contribution in [0.3, 0.4) is 0 Å². The second-order valence-corrected chi connectivity index (χ2v) is 2.63. The molecule has 0 saturated carbocycles. The molecule has 12 heavy (non-hydrogen) atoms. The predicted octanol–water partition coefficient (Wildman–Crippen LogP) is 1.24. The maximum Gasteiger partial charge on any atom is 0.203 e. The van der Waals surface area contributed by atoms with Crippen LogP contribution < -0.4 is 5.32 Å². The van der Waals surface area contributed by atoms with Crippen molar-refractivity contribution >= 4 is 5.95 Å². The topological polar surface area (TPSA) is 29.9 Å². The third-order valence-electron chi connectivity index (χ3n) is 1.73. The van der Waals surface area contributed by atoms with E-state index < -0.39 is 0 Å². The zero-order chi connectivity index (χ0) is 8.97. The molecule has 0 saturated heterocycles. The van der Waals surface area contributed by atoms with Gasteiger partial charge in [-0.3, -0.25) is 0 Å². The van der Waals surface area contributed by atoms with E-state index in [1.165, 1.54) is 0 Å². The van der Waals surface area contributed by atoms with Gasteiger partial charge in [-0.15, -0.1) is 6.42 Å². The zero-order valence-corrected chi connectivity index (χ0v) is 7.41. The summed E-state index contributed by atoms with van der Waals surface area (Å²) in [6.07, 6.45) is 9.83. The summed E-state index contributed by atoms with van der Waals surface area (Å²) in [6, 6.07) is 0.0751. The molecule has 0 fully saturated rings. The lowest BCUT2D eigenvalue weighted by Gasteiger charge is -2.10. The molecule has 1 heterocycles. The predicted molar refractivity (Wildman–Crippen MR) is 49.7 cm³/mol. The van der Waals surface area contributed by atoms with Gasteiger partial charge in [0, 0.05) is 19.4 Å². The number of aryl methyl sites for hydroxylation is 1. The highest BCUT2D eigenvalue weighted by molar-refractivity contribution is 5.30. The number of aromatic nitrogens is 2. The number of terminal acetylenes is 1. The van der Waals surface area contributed by atoms with Crippen molar-refractivity contribution in [2.75, 3.05) is 5.32 Å². The fraction of sp³-hybridized carbons (Fsp3) is 0.444. The van der Waals surface area contributed by atoms with Crippen molar-refractivity contribution in [1.82, 2.24) is 9.55 Å². The second-order valence-electron chi connectivity index (χ2n) is 2.63. The van der Waals surface area contributed by atoms with E-state index in [4.69, 9.17) is 6.42 Å². The Morgan fingerprint density at radius 1 is 1.83 bits per heavy atom. The van der Waals surface area contributed by atoms with Crippen LogP contribution in [0, 0.1) is 12.3 Å². The number of imidazole rings is 1. The van der Waals surface area contributed by atoms with Gasteiger partial charge in [0.1, 0.15) is 0 Å². The molecule has 1 N–H and O–H groups in total. The van der Waals surface area contributed by atoms with Crippen molar-refractivity contribution in [3.05, 3.63) is 12.4 Å². The largest absolute Gasteiger partial charge is 0.342 e. The Morgan fingerprint density at radius 3 is 3.00 bits per heavy atom. The Hall–Kier alpha value is -1.43. The summed E-state index contributed by atoms with van der Waals surface area (Å²) < 4.78 is 1.90. The van der Waals surface area contributed by atoms with E-state index in [2.05, 4.69) is 16.2 Å². The van der Waals surface area contributed by atoms with Crippen LogP contribution in [0.4, 0.5) is 5.95 Å². The van der Waals surface area contributed by atoms with Gasteiger partial charge < -0.3 is 9.88 Å². The minimum Gasteiger partial charge on any atom is -0.342 e. The minimum absolute atomic E-state index is 0.0751. The van der Waals surface area contributed by atoms with Crippen molar-refractivity contribution < 1.29 is 0 Å². The van der Waals surface area contributed by atoms with Gasteiger partial charge in [0.25, 0.3) is 0 Å². The molecule has 0 aliphatic heterocycles. The number of hydrogen-bond donors (Lipinski definition) is 1. The molecule has 0 spiro atoms. The standard InChI is InChI=1S/C9H13N3/c1-4-8(5-2)11-9-10-6-7-12(9)3/h1,6-8H,5H2,2-3H3,(H,10,11). The van der Waals surface area contributed by atoms with E-state index in [1.54, 1.807) is 6.20 Å². The number of rotatable bonds is 3. The summed E-state index contributed by atoms with van der Waals surface area (Å²) in [7, 11) is 1.93. The van der Waals surface area contributed by atoms with Gasteiger partial charge in [-0.05, 0) is 6.42 Å². The molecule has 1 rings (SSSR count). The number of nitrogens with one attached hydrogen (secondary N) is 1. The van der Waals surface area contributed by atoms with Crippen LogP contribution in [0.1, 0.15) is 13.3 Å². The Bertz CT molecular complexity index is 282. The van der Waals surface area contributed by atoms with Crippen molar-refractivity contribution in [2.45, 2.75) is 19.4 Å². The quantitative estimate of drug-likeness (QED) is 0.679. The van der Waals surface area contributed by atoms with E-state index in [9.17, 15) is 0 Å². The number of anilines is 1. The SMILES string of the molecule is C#CC(CC)Nc1nccn1C. The number of nitrogens with zero attached hydrogens (tertiary/aromatic N) is 2. The zero-order valence-electron chi connectivity index (χ0n) is 7.41. The van der Waals surface area contributed by atoms with Crippen LogP contribution in [0.2, 0.25) is 0 Å². The molecule has 1 aromatic rings. The van der Waals surface area contributed by atoms with E-state index in [1.807, 2.05) is 24.7 Å². The van der Waals surface area contributed by atoms with E-state index in [0.29, 0.717) is 0 Å². The first-order valence-electron chi connectivity index (χ1n) is 3.98. The molecule has 0 bridgehead atoms. The molecule has 64 valence electrons. The fourth-order valence-corrected chi connectivity index (χ4v) is 0.922. The second kappa shape index (κ2) is 3.82. The fourth-order valence-electron chi connectivity index (χ4n) is 0.922. The molecule has 1 unspecified atom stereocenters. The minimum atomic E-state index is 0.0751. The van der Waals surface area contributed by atoms with E-state index in [0.717, 1.165) is 12.4 Å². The molecule has 0 aliphatic rings. The summed E-state index contributed by atoms with van der Waals surface area (Å²) in [5, 5.41) is 3.14. The molecule has 1 aromatic heterocycles. The molecule has 0 amide bonds. The summed E-state index contributed by atoms with van der Waals surface area (Å²) in [5.74, 6) is 3.47. The Labute approximate surface area is 72.8 Å². The Morgan fingerprint density at radius 2 is 2.58 bits per heavy atom. The average molecular weight is 163 g/mol. The van der Waals surface area contributed by atoms with E-state index >= 15 is 0 Å². The molecule has 0 radical (unpaired) electrons. The van der Waals surface area contributed by atoms with Gasteiger partial charge in [-0.1, -0.05) is 12.8 Å². The normalized spacial score (nSPS) is 12.1. The summed E-state index contributed by atoms with van der Waals surface area (Å²) >= 11 is 0. The van der Waals surface area contributed by atoms with Gasteiger partial charge in [-0.25, -0.2) is 4.98 Å². The average Bonchev–Trinajstić information content (AvgIpc) is 2.47. The lowest BCUT2D eigenvalue weighted by molar-refractivity contribution is 0.814. The van der Waals surface area contributed by atoms with Crippen molar-refractivity contribution in [3.8, 4) is 12.3 Å². The van der Waals surface area contributed by atoms with Crippen LogP contribution >= 0.6 is 0 Å². The molecule has 0 aromatic carbocycles. The van der Waals surface area contributed by atoms with Crippen molar-refractivity contribution in [3.63, 3.8) is 0 Å². The highest BCUT2D eigenvalue weighted by Gasteiger charge is 2.03. The summed E-state index contributed by atoms with van der Waals surface area (Å²) in [6.45, 7) is 2.04. The van der Waals surface area contributed by atoms with Crippen LogP contribution in [0.5, 0.6) is 0 Å². The summed E-state index contributed by atoms with van der Waals surface area (Å²) in [4.78, 5) is 4.11. The lowest BCUT2D eigenvalue weighted by Crippen LogP contribution is -2.18. The van der Waals surface area contributed by atoms with Crippen LogP contribution in [-0.2, 0) is 7.05 Å². The molecule has 1 atom stereocenters. The van der Waals surface area contributed by atoms with Crippen LogP contribution in [0.25, 0.3) is 0 Å². The van der Waals surface area contributed by atoms with Gasteiger partial charge in [-0.2, -0.15) is 0 Å². The number of hydrogen-bond acceptors (Lipinski definition) is 2.